The Morgan fingerprint density at radius 1 is 1.24 bits per heavy atom. The summed E-state index contributed by atoms with van der Waals surface area (Å²) >= 11 is 0. The van der Waals surface area contributed by atoms with Crippen LogP contribution in [0.4, 0.5) is 0 Å². The number of para-hydroxylation sites is 1. The molecule has 2 N–H and O–H groups in total. The van der Waals surface area contributed by atoms with E-state index >= 15 is 0 Å². The van der Waals surface area contributed by atoms with Gasteiger partial charge < -0.3 is 15.0 Å². The number of fused-ring (bicyclic) bond motifs is 1. The Morgan fingerprint density at radius 2 is 1.90 bits per heavy atom. The SMILES string of the molecule is CC(C)C(C)NC(=O)Cn1cc(C(=O)O)c2ccccc21. The fourth-order valence-electron chi connectivity index (χ4n) is 2.17. The van der Waals surface area contributed by atoms with E-state index in [-0.39, 0.29) is 24.1 Å². The Hall–Kier alpha value is -2.30. The van der Waals surface area contributed by atoms with Crippen molar-refractivity contribution in [2.45, 2.75) is 33.4 Å². The smallest absolute Gasteiger partial charge is 0.337 e. The summed E-state index contributed by atoms with van der Waals surface area (Å²) in [5.74, 6) is -0.750. The van der Waals surface area contributed by atoms with Crippen LogP contribution in [0.25, 0.3) is 10.9 Å². The Balaban J connectivity index is 2.27. The maximum Gasteiger partial charge on any atom is 0.337 e. The van der Waals surface area contributed by atoms with Crippen molar-refractivity contribution in [2.24, 2.45) is 5.92 Å². The second-order valence-electron chi connectivity index (χ2n) is 5.59. The third kappa shape index (κ3) is 3.24. The first-order chi connectivity index (χ1) is 9.90. The van der Waals surface area contributed by atoms with Gasteiger partial charge in [0.2, 0.25) is 5.91 Å². The molecule has 0 spiro atoms. The van der Waals surface area contributed by atoms with Crippen LogP contribution in [0.15, 0.2) is 30.5 Å². The van der Waals surface area contributed by atoms with Crippen LogP contribution in [0, 0.1) is 5.92 Å². The van der Waals surface area contributed by atoms with Crippen molar-refractivity contribution in [2.75, 3.05) is 0 Å². The van der Waals surface area contributed by atoms with Crippen molar-refractivity contribution in [3.63, 3.8) is 0 Å². The number of carboxylic acid groups (broad SMARTS) is 1. The van der Waals surface area contributed by atoms with Gasteiger partial charge in [0.1, 0.15) is 6.54 Å². The predicted molar refractivity (Wildman–Crippen MR) is 81.3 cm³/mol. The average Bonchev–Trinajstić information content (AvgIpc) is 2.78. The van der Waals surface area contributed by atoms with Crippen LogP contribution in [0.1, 0.15) is 31.1 Å². The minimum absolute atomic E-state index is 0.0817. The molecule has 0 aliphatic carbocycles. The quantitative estimate of drug-likeness (QED) is 0.888. The lowest BCUT2D eigenvalue weighted by Crippen LogP contribution is -2.38. The first-order valence-electron chi connectivity index (χ1n) is 7.00. The van der Waals surface area contributed by atoms with Gasteiger partial charge in [0.25, 0.3) is 0 Å². The average molecular weight is 288 g/mol. The molecule has 1 unspecified atom stereocenters. The molecule has 0 aliphatic rings. The van der Waals surface area contributed by atoms with Crippen LogP contribution in [-0.4, -0.2) is 27.6 Å². The number of carboxylic acids is 1. The summed E-state index contributed by atoms with van der Waals surface area (Å²) in [6, 6.07) is 7.28. The van der Waals surface area contributed by atoms with Crippen LogP contribution in [-0.2, 0) is 11.3 Å². The monoisotopic (exact) mass is 288 g/mol. The van der Waals surface area contributed by atoms with Crippen LogP contribution >= 0.6 is 0 Å². The molecule has 0 fully saturated rings. The number of nitrogens with zero attached hydrogens (tertiary/aromatic N) is 1. The predicted octanol–water partition coefficient (Wildman–Crippen LogP) is 2.50. The number of hydrogen-bond acceptors (Lipinski definition) is 2. The fraction of sp³-hybridized carbons (Fsp3) is 0.375. The van der Waals surface area contributed by atoms with Crippen molar-refractivity contribution in [3.05, 3.63) is 36.0 Å². The molecule has 2 rings (SSSR count). The van der Waals surface area contributed by atoms with Crippen LogP contribution < -0.4 is 5.32 Å². The molecule has 0 saturated heterocycles. The third-order valence-corrected chi connectivity index (χ3v) is 3.72. The summed E-state index contributed by atoms with van der Waals surface area (Å²) in [5.41, 5.74) is 0.970. The molecule has 0 bridgehead atoms. The highest BCUT2D eigenvalue weighted by atomic mass is 16.4. The lowest BCUT2D eigenvalue weighted by Gasteiger charge is -2.17. The van der Waals surface area contributed by atoms with Gasteiger partial charge in [0, 0.05) is 23.1 Å². The number of hydrogen-bond donors (Lipinski definition) is 2. The van der Waals surface area contributed by atoms with Gasteiger partial charge in [-0.05, 0) is 18.9 Å². The number of aromatic nitrogens is 1. The number of aromatic carboxylic acids is 1. The van der Waals surface area contributed by atoms with Gasteiger partial charge in [-0.25, -0.2) is 4.79 Å². The largest absolute Gasteiger partial charge is 0.478 e. The molecule has 2 aromatic rings. The second-order valence-corrected chi connectivity index (χ2v) is 5.59. The molecule has 21 heavy (non-hydrogen) atoms. The molecule has 1 aromatic heterocycles. The van der Waals surface area contributed by atoms with Gasteiger partial charge in [0.05, 0.1) is 5.56 Å². The Kier molecular flexibility index (Phi) is 4.31. The summed E-state index contributed by atoms with van der Waals surface area (Å²) in [6.07, 6.45) is 1.52. The first kappa shape index (κ1) is 15.1. The summed E-state index contributed by atoms with van der Waals surface area (Å²) < 4.78 is 1.68. The lowest BCUT2D eigenvalue weighted by molar-refractivity contribution is -0.122. The summed E-state index contributed by atoms with van der Waals surface area (Å²) in [7, 11) is 0. The molecule has 1 heterocycles. The topological polar surface area (TPSA) is 71.3 Å². The molecule has 0 radical (unpaired) electrons. The van der Waals surface area contributed by atoms with E-state index in [9.17, 15) is 14.7 Å². The fourth-order valence-corrected chi connectivity index (χ4v) is 2.17. The molecule has 1 atom stereocenters. The van der Waals surface area contributed by atoms with E-state index in [0.717, 1.165) is 5.52 Å². The molecule has 0 aliphatic heterocycles. The van der Waals surface area contributed by atoms with E-state index in [1.54, 1.807) is 16.7 Å². The molecule has 1 aromatic carbocycles. The van der Waals surface area contributed by atoms with Crippen LogP contribution in [0.5, 0.6) is 0 Å². The minimum atomic E-state index is -0.985. The number of carbonyl (C=O) groups is 2. The molecule has 5 heteroatoms. The van der Waals surface area contributed by atoms with Gasteiger partial charge in [0.15, 0.2) is 0 Å². The highest BCUT2D eigenvalue weighted by Gasteiger charge is 2.16. The van der Waals surface area contributed by atoms with E-state index in [4.69, 9.17) is 0 Å². The number of benzene rings is 1. The van der Waals surface area contributed by atoms with Crippen molar-refractivity contribution in [1.29, 1.82) is 0 Å². The highest BCUT2D eigenvalue weighted by molar-refractivity contribution is 6.03. The third-order valence-electron chi connectivity index (χ3n) is 3.72. The molecule has 5 nitrogen and oxygen atoms in total. The zero-order valence-corrected chi connectivity index (χ0v) is 12.5. The zero-order chi connectivity index (χ0) is 15.6. The maximum atomic E-state index is 12.1. The highest BCUT2D eigenvalue weighted by Crippen LogP contribution is 2.21. The van der Waals surface area contributed by atoms with Crippen LogP contribution in [0.2, 0.25) is 0 Å². The molecule has 112 valence electrons. The van der Waals surface area contributed by atoms with Crippen molar-refractivity contribution in [1.82, 2.24) is 9.88 Å². The van der Waals surface area contributed by atoms with Gasteiger partial charge in [-0.3, -0.25) is 4.79 Å². The summed E-state index contributed by atoms with van der Waals surface area (Å²) in [6.45, 7) is 6.15. The van der Waals surface area contributed by atoms with Gasteiger partial charge >= 0.3 is 5.97 Å². The van der Waals surface area contributed by atoms with E-state index < -0.39 is 5.97 Å². The van der Waals surface area contributed by atoms with Crippen molar-refractivity contribution in [3.8, 4) is 0 Å². The lowest BCUT2D eigenvalue weighted by atomic mass is 10.1. The summed E-state index contributed by atoms with van der Waals surface area (Å²) in [5, 5.41) is 12.8. The van der Waals surface area contributed by atoms with E-state index in [1.807, 2.05) is 32.9 Å². The minimum Gasteiger partial charge on any atom is -0.478 e. The Labute approximate surface area is 123 Å². The van der Waals surface area contributed by atoms with Gasteiger partial charge in [-0.15, -0.1) is 0 Å². The van der Waals surface area contributed by atoms with Crippen molar-refractivity contribution >= 4 is 22.8 Å². The standard InChI is InChI=1S/C16H20N2O3/c1-10(2)11(3)17-15(19)9-18-8-13(16(20)21)12-6-4-5-7-14(12)18/h4-8,10-11H,9H2,1-3H3,(H,17,19)(H,20,21). The van der Waals surface area contributed by atoms with E-state index in [0.29, 0.717) is 11.3 Å². The molecular formula is C16H20N2O3. The van der Waals surface area contributed by atoms with Gasteiger partial charge in [-0.2, -0.15) is 0 Å². The Bertz CT molecular complexity index is 673. The normalized spacial score (nSPS) is 12.6. The number of rotatable bonds is 5. The molecular weight excluding hydrogens is 268 g/mol. The summed E-state index contributed by atoms with van der Waals surface area (Å²) in [4.78, 5) is 23.3. The van der Waals surface area contributed by atoms with Crippen LogP contribution in [0.3, 0.4) is 0 Å². The van der Waals surface area contributed by atoms with Gasteiger partial charge in [-0.1, -0.05) is 32.0 Å². The van der Waals surface area contributed by atoms with E-state index in [1.165, 1.54) is 6.20 Å². The number of amides is 1. The van der Waals surface area contributed by atoms with Crippen molar-refractivity contribution < 1.29 is 14.7 Å². The first-order valence-corrected chi connectivity index (χ1v) is 7.00. The molecule has 1 amide bonds. The zero-order valence-electron chi connectivity index (χ0n) is 12.5. The number of nitrogens with one attached hydrogen (secondary N) is 1. The maximum absolute atomic E-state index is 12.1. The second kappa shape index (κ2) is 5.99. The molecule has 0 saturated carbocycles. The number of carbonyl (C=O) groups excluding carboxylic acids is 1. The Morgan fingerprint density at radius 3 is 2.52 bits per heavy atom. The van der Waals surface area contributed by atoms with E-state index in [2.05, 4.69) is 5.32 Å².